The number of hydrogen-bond donors (Lipinski definition) is 0. The maximum absolute atomic E-state index is 4.41. The fraction of sp³-hybridized carbons (Fsp3) is 0.111. The van der Waals surface area contributed by atoms with E-state index in [0.29, 0.717) is 0 Å². The van der Waals surface area contributed by atoms with Crippen molar-refractivity contribution in [1.82, 2.24) is 0 Å². The lowest BCUT2D eigenvalue weighted by molar-refractivity contribution is 0.977. The van der Waals surface area contributed by atoms with Gasteiger partial charge in [0.05, 0.1) is 11.4 Å². The molecule has 0 saturated carbocycles. The molecule has 0 atom stereocenters. The summed E-state index contributed by atoms with van der Waals surface area (Å²) in [4.78, 5) is 2.07. The van der Waals surface area contributed by atoms with Crippen LogP contribution in [0.25, 0.3) is 0 Å². The topological polar surface area (TPSA) is 28.0 Å². The molecule has 0 saturated heterocycles. The third-order valence-electron chi connectivity index (χ3n) is 5.14. The first-order valence-electron chi connectivity index (χ1n) is 10.1. The first-order valence-corrected chi connectivity index (χ1v) is 10.1. The zero-order valence-electron chi connectivity index (χ0n) is 17.3. The Kier molecular flexibility index (Phi) is 6.00. The van der Waals surface area contributed by atoms with Crippen molar-refractivity contribution >= 4 is 17.1 Å². The standard InChI is InChI=1S/C27H25N3/c1-30(2)26-19-17-25(18-20-26)29-28-24-15-13-23(14-16-24)27(21-9-5-3-6-10-21)22-11-7-4-8-12-22/h3-20,27H,1-2H3. The van der Waals surface area contributed by atoms with E-state index in [1.165, 1.54) is 16.7 Å². The van der Waals surface area contributed by atoms with E-state index >= 15 is 0 Å². The lowest BCUT2D eigenvalue weighted by atomic mass is 9.85. The largest absolute Gasteiger partial charge is 0.378 e. The molecular formula is C27H25N3. The molecule has 4 aromatic carbocycles. The average molecular weight is 392 g/mol. The summed E-state index contributed by atoms with van der Waals surface area (Å²) in [6, 6.07) is 37.6. The number of nitrogens with zero attached hydrogens (tertiary/aromatic N) is 3. The van der Waals surface area contributed by atoms with Crippen LogP contribution < -0.4 is 4.90 Å². The van der Waals surface area contributed by atoms with Gasteiger partial charge in [-0.15, -0.1) is 0 Å². The van der Waals surface area contributed by atoms with Crippen molar-refractivity contribution in [2.24, 2.45) is 10.2 Å². The summed E-state index contributed by atoms with van der Waals surface area (Å²) in [6.45, 7) is 0. The summed E-state index contributed by atoms with van der Waals surface area (Å²) in [5.74, 6) is 0.192. The molecule has 3 nitrogen and oxygen atoms in total. The van der Waals surface area contributed by atoms with Crippen molar-refractivity contribution in [3.05, 3.63) is 126 Å². The summed E-state index contributed by atoms with van der Waals surface area (Å²) in [5, 5.41) is 8.78. The molecule has 0 aromatic heterocycles. The molecule has 0 aliphatic carbocycles. The van der Waals surface area contributed by atoms with Crippen LogP contribution in [-0.2, 0) is 0 Å². The molecule has 0 heterocycles. The van der Waals surface area contributed by atoms with Crippen LogP contribution >= 0.6 is 0 Å². The van der Waals surface area contributed by atoms with Crippen molar-refractivity contribution in [1.29, 1.82) is 0 Å². The Labute approximate surface area is 178 Å². The van der Waals surface area contributed by atoms with Gasteiger partial charge in [0.15, 0.2) is 0 Å². The van der Waals surface area contributed by atoms with E-state index in [0.717, 1.165) is 17.1 Å². The van der Waals surface area contributed by atoms with Gasteiger partial charge >= 0.3 is 0 Å². The molecule has 0 fully saturated rings. The number of azo groups is 1. The molecule has 0 aliphatic rings. The van der Waals surface area contributed by atoms with Crippen molar-refractivity contribution < 1.29 is 0 Å². The van der Waals surface area contributed by atoms with E-state index in [2.05, 4.69) is 87.9 Å². The maximum Gasteiger partial charge on any atom is 0.0858 e. The van der Waals surface area contributed by atoms with Crippen LogP contribution in [-0.4, -0.2) is 14.1 Å². The zero-order chi connectivity index (χ0) is 20.8. The predicted octanol–water partition coefficient (Wildman–Crippen LogP) is 7.35. The first-order chi connectivity index (χ1) is 14.7. The lowest BCUT2D eigenvalue weighted by Gasteiger charge is -2.19. The highest BCUT2D eigenvalue weighted by atomic mass is 15.1. The van der Waals surface area contributed by atoms with E-state index < -0.39 is 0 Å². The summed E-state index contributed by atoms with van der Waals surface area (Å²) in [7, 11) is 4.05. The third-order valence-corrected chi connectivity index (χ3v) is 5.14. The average Bonchev–Trinajstić information content (AvgIpc) is 2.80. The molecule has 30 heavy (non-hydrogen) atoms. The van der Waals surface area contributed by atoms with Gasteiger partial charge in [-0.25, -0.2) is 0 Å². The Morgan fingerprint density at radius 3 is 1.33 bits per heavy atom. The van der Waals surface area contributed by atoms with Crippen molar-refractivity contribution in [2.75, 3.05) is 19.0 Å². The van der Waals surface area contributed by atoms with Crippen molar-refractivity contribution in [3.63, 3.8) is 0 Å². The summed E-state index contributed by atoms with van der Waals surface area (Å²) in [5.41, 5.74) is 6.62. The summed E-state index contributed by atoms with van der Waals surface area (Å²) >= 11 is 0. The van der Waals surface area contributed by atoms with Crippen LogP contribution in [0.4, 0.5) is 17.1 Å². The van der Waals surface area contributed by atoms with E-state index in [-0.39, 0.29) is 5.92 Å². The SMILES string of the molecule is CN(C)c1ccc(N=Nc2ccc(C(c3ccccc3)c3ccccc3)cc2)cc1. The van der Waals surface area contributed by atoms with Crippen LogP contribution in [0.3, 0.4) is 0 Å². The molecule has 0 unspecified atom stereocenters. The van der Waals surface area contributed by atoms with Gasteiger partial charge in [-0.05, 0) is 53.1 Å². The van der Waals surface area contributed by atoms with Crippen LogP contribution in [0.5, 0.6) is 0 Å². The Morgan fingerprint density at radius 1 is 0.500 bits per heavy atom. The summed E-state index contributed by atoms with van der Waals surface area (Å²) < 4.78 is 0. The minimum absolute atomic E-state index is 0.192. The molecule has 0 amide bonds. The molecule has 0 bridgehead atoms. The molecule has 4 rings (SSSR count). The predicted molar refractivity (Wildman–Crippen MR) is 125 cm³/mol. The Balaban J connectivity index is 1.58. The molecule has 0 N–H and O–H groups in total. The van der Waals surface area contributed by atoms with Gasteiger partial charge in [-0.3, -0.25) is 0 Å². The van der Waals surface area contributed by atoms with Gasteiger partial charge in [-0.2, -0.15) is 10.2 Å². The van der Waals surface area contributed by atoms with Crippen molar-refractivity contribution in [2.45, 2.75) is 5.92 Å². The molecule has 3 heteroatoms. The Hall–Kier alpha value is -3.72. The number of benzene rings is 4. The van der Waals surface area contributed by atoms with Crippen LogP contribution in [0, 0.1) is 0 Å². The van der Waals surface area contributed by atoms with Crippen LogP contribution in [0.15, 0.2) is 119 Å². The molecule has 0 aliphatic heterocycles. The molecule has 0 spiro atoms. The van der Waals surface area contributed by atoms with Gasteiger partial charge in [-0.1, -0.05) is 72.8 Å². The van der Waals surface area contributed by atoms with E-state index in [9.17, 15) is 0 Å². The molecule has 4 aromatic rings. The number of anilines is 1. The fourth-order valence-corrected chi connectivity index (χ4v) is 3.53. The van der Waals surface area contributed by atoms with Gasteiger partial charge < -0.3 is 4.90 Å². The summed E-state index contributed by atoms with van der Waals surface area (Å²) in [6.07, 6.45) is 0. The van der Waals surface area contributed by atoms with Gasteiger partial charge in [0, 0.05) is 25.7 Å². The highest BCUT2D eigenvalue weighted by molar-refractivity contribution is 5.52. The smallest absolute Gasteiger partial charge is 0.0858 e. The highest BCUT2D eigenvalue weighted by Crippen LogP contribution is 2.33. The van der Waals surface area contributed by atoms with E-state index in [1.54, 1.807) is 0 Å². The molecule has 0 radical (unpaired) electrons. The maximum atomic E-state index is 4.41. The second kappa shape index (κ2) is 9.19. The third kappa shape index (κ3) is 4.64. The van der Waals surface area contributed by atoms with Gasteiger partial charge in [0.1, 0.15) is 0 Å². The fourth-order valence-electron chi connectivity index (χ4n) is 3.53. The molecule has 148 valence electrons. The molecular weight excluding hydrogens is 366 g/mol. The normalized spacial score (nSPS) is 11.2. The monoisotopic (exact) mass is 391 g/mol. The Morgan fingerprint density at radius 2 is 0.900 bits per heavy atom. The van der Waals surface area contributed by atoms with E-state index in [4.69, 9.17) is 0 Å². The number of hydrogen-bond acceptors (Lipinski definition) is 3. The minimum Gasteiger partial charge on any atom is -0.378 e. The minimum atomic E-state index is 0.192. The highest BCUT2D eigenvalue weighted by Gasteiger charge is 2.16. The Bertz CT molecular complexity index is 1040. The van der Waals surface area contributed by atoms with E-state index in [1.807, 2.05) is 50.5 Å². The second-order valence-electron chi connectivity index (χ2n) is 7.46. The van der Waals surface area contributed by atoms with Crippen molar-refractivity contribution in [3.8, 4) is 0 Å². The van der Waals surface area contributed by atoms with Gasteiger partial charge in [0.2, 0.25) is 0 Å². The van der Waals surface area contributed by atoms with Gasteiger partial charge in [0.25, 0.3) is 0 Å². The van der Waals surface area contributed by atoms with Crippen LogP contribution in [0.2, 0.25) is 0 Å². The zero-order valence-corrected chi connectivity index (χ0v) is 17.3. The lowest BCUT2D eigenvalue weighted by Crippen LogP contribution is -2.07. The quantitative estimate of drug-likeness (QED) is 0.249. The second-order valence-corrected chi connectivity index (χ2v) is 7.46. The van der Waals surface area contributed by atoms with Crippen LogP contribution in [0.1, 0.15) is 22.6 Å². The first kappa shape index (κ1) is 19.6. The number of rotatable bonds is 6.